The minimum Gasteiger partial charge on any atom is -0.397 e. The van der Waals surface area contributed by atoms with Crippen LogP contribution < -0.4 is 0 Å². The summed E-state index contributed by atoms with van der Waals surface area (Å²) in [6, 6.07) is 1.10. The molecule has 0 rings (SSSR count). The molecule has 0 aliphatic carbocycles. The molecular weight excluding hydrogens is 194 g/mol. The zero-order valence-electron chi connectivity index (χ0n) is 10.1. The summed E-state index contributed by atoms with van der Waals surface area (Å²) in [5.41, 5.74) is 0. The van der Waals surface area contributed by atoms with Gasteiger partial charge in [-0.25, -0.2) is 0 Å². The molecule has 0 radical (unpaired) electrons. The first-order chi connectivity index (χ1) is 6.78. The fourth-order valence-corrected chi connectivity index (χ4v) is 3.16. The van der Waals surface area contributed by atoms with Crippen molar-refractivity contribution in [3.63, 3.8) is 0 Å². The van der Waals surface area contributed by atoms with Crippen LogP contribution in [0.15, 0.2) is 0 Å². The molecular formula is C10H25NO2Si. The Balaban J connectivity index is 3.67. The Labute approximate surface area is 90.2 Å². The van der Waals surface area contributed by atoms with Crippen LogP contribution in [0, 0.1) is 0 Å². The highest BCUT2D eigenvalue weighted by atomic mass is 28.3. The maximum atomic E-state index is 5.61. The van der Waals surface area contributed by atoms with Gasteiger partial charge in [-0.2, -0.15) is 0 Å². The Bertz CT molecular complexity index is 115. The molecule has 3 nitrogen and oxygen atoms in total. The molecule has 86 valence electrons. The van der Waals surface area contributed by atoms with Crippen molar-refractivity contribution in [2.75, 3.05) is 32.8 Å². The molecule has 0 aromatic rings. The molecule has 0 fully saturated rings. The maximum Gasteiger partial charge on any atom is 0.322 e. The van der Waals surface area contributed by atoms with E-state index in [1.54, 1.807) is 0 Å². The van der Waals surface area contributed by atoms with Crippen LogP contribution in [0.5, 0.6) is 0 Å². The summed E-state index contributed by atoms with van der Waals surface area (Å²) < 4.78 is 11.2. The molecule has 0 amide bonds. The van der Waals surface area contributed by atoms with Crippen LogP contribution in [0.1, 0.15) is 27.7 Å². The van der Waals surface area contributed by atoms with Crippen LogP contribution in [0.25, 0.3) is 0 Å². The Hall–Kier alpha value is 0.0969. The zero-order chi connectivity index (χ0) is 10.8. The van der Waals surface area contributed by atoms with Crippen LogP contribution in [-0.2, 0) is 8.85 Å². The lowest BCUT2D eigenvalue weighted by Crippen LogP contribution is -2.31. The van der Waals surface area contributed by atoms with Crippen molar-refractivity contribution in [3.05, 3.63) is 0 Å². The summed E-state index contributed by atoms with van der Waals surface area (Å²) in [5.74, 6) is 0. The normalized spacial score (nSPS) is 11.6. The van der Waals surface area contributed by atoms with E-state index in [1.807, 2.05) is 13.8 Å². The molecule has 4 heteroatoms. The van der Waals surface area contributed by atoms with Gasteiger partial charge in [0, 0.05) is 19.3 Å². The Kier molecular flexibility index (Phi) is 9.71. The van der Waals surface area contributed by atoms with Crippen molar-refractivity contribution in [1.82, 2.24) is 4.90 Å². The monoisotopic (exact) mass is 219 g/mol. The van der Waals surface area contributed by atoms with E-state index < -0.39 is 9.28 Å². The van der Waals surface area contributed by atoms with Crippen molar-refractivity contribution >= 4 is 9.28 Å². The summed E-state index contributed by atoms with van der Waals surface area (Å²) in [5, 5.41) is 0. The quantitative estimate of drug-likeness (QED) is 0.550. The standard InChI is InChI=1S/C10H25NO2Si/c1-5-11(6-2)9-10-14(12-7-3)13-8-4/h14H,5-10H2,1-4H3. The van der Waals surface area contributed by atoms with Gasteiger partial charge in [0.15, 0.2) is 0 Å². The Morgan fingerprint density at radius 2 is 1.43 bits per heavy atom. The summed E-state index contributed by atoms with van der Waals surface area (Å²) in [6.07, 6.45) is 0. The first kappa shape index (κ1) is 14.1. The molecule has 0 heterocycles. The number of hydrogen-bond donors (Lipinski definition) is 0. The van der Waals surface area contributed by atoms with Gasteiger partial charge in [0.05, 0.1) is 0 Å². The smallest absolute Gasteiger partial charge is 0.322 e. The van der Waals surface area contributed by atoms with Crippen LogP contribution in [0.4, 0.5) is 0 Å². The third-order valence-electron chi connectivity index (χ3n) is 2.28. The Morgan fingerprint density at radius 3 is 1.79 bits per heavy atom. The summed E-state index contributed by atoms with van der Waals surface area (Å²) in [6.45, 7) is 13.4. The number of hydrogen-bond acceptors (Lipinski definition) is 3. The van der Waals surface area contributed by atoms with Crippen molar-refractivity contribution in [2.24, 2.45) is 0 Å². The molecule has 0 bridgehead atoms. The molecule has 0 atom stereocenters. The first-order valence-corrected chi connectivity index (χ1v) is 7.49. The average molecular weight is 219 g/mol. The fourth-order valence-electron chi connectivity index (χ4n) is 1.41. The largest absolute Gasteiger partial charge is 0.397 e. The highest BCUT2D eigenvalue weighted by molar-refractivity contribution is 6.44. The van der Waals surface area contributed by atoms with E-state index in [0.29, 0.717) is 0 Å². The van der Waals surface area contributed by atoms with E-state index in [1.165, 1.54) is 0 Å². The lowest BCUT2D eigenvalue weighted by atomic mass is 10.5. The van der Waals surface area contributed by atoms with Crippen LogP contribution in [0.3, 0.4) is 0 Å². The van der Waals surface area contributed by atoms with Gasteiger partial charge in [0.25, 0.3) is 0 Å². The molecule has 0 N–H and O–H groups in total. The molecule has 0 saturated carbocycles. The van der Waals surface area contributed by atoms with Crippen molar-refractivity contribution in [1.29, 1.82) is 0 Å². The van der Waals surface area contributed by atoms with Gasteiger partial charge in [0.1, 0.15) is 0 Å². The highest BCUT2D eigenvalue weighted by Gasteiger charge is 2.13. The Morgan fingerprint density at radius 1 is 0.929 bits per heavy atom. The summed E-state index contributed by atoms with van der Waals surface area (Å²) in [4.78, 5) is 2.41. The van der Waals surface area contributed by atoms with E-state index in [2.05, 4.69) is 18.7 Å². The second-order valence-corrected chi connectivity index (χ2v) is 5.26. The molecule has 0 aromatic heterocycles. The third-order valence-corrected chi connectivity index (χ3v) is 4.42. The van der Waals surface area contributed by atoms with E-state index in [0.717, 1.165) is 38.9 Å². The van der Waals surface area contributed by atoms with Crippen molar-refractivity contribution in [3.8, 4) is 0 Å². The van der Waals surface area contributed by atoms with Gasteiger partial charge >= 0.3 is 9.28 Å². The lowest BCUT2D eigenvalue weighted by Gasteiger charge is -2.21. The summed E-state index contributed by atoms with van der Waals surface area (Å²) >= 11 is 0. The van der Waals surface area contributed by atoms with Gasteiger partial charge in [-0.1, -0.05) is 13.8 Å². The van der Waals surface area contributed by atoms with E-state index in [9.17, 15) is 0 Å². The second kappa shape index (κ2) is 9.64. The fraction of sp³-hybridized carbons (Fsp3) is 1.00. The molecule has 0 spiro atoms. The minimum atomic E-state index is -1.36. The number of nitrogens with zero attached hydrogens (tertiary/aromatic N) is 1. The molecule has 0 unspecified atom stereocenters. The van der Waals surface area contributed by atoms with Crippen molar-refractivity contribution in [2.45, 2.75) is 33.7 Å². The van der Waals surface area contributed by atoms with Crippen LogP contribution in [-0.4, -0.2) is 47.0 Å². The molecule has 0 aromatic carbocycles. The first-order valence-electron chi connectivity index (χ1n) is 5.73. The van der Waals surface area contributed by atoms with E-state index >= 15 is 0 Å². The lowest BCUT2D eigenvalue weighted by molar-refractivity contribution is 0.206. The molecule has 0 aliphatic heterocycles. The van der Waals surface area contributed by atoms with Gasteiger partial charge in [-0.15, -0.1) is 0 Å². The minimum absolute atomic E-state index is 0.787. The van der Waals surface area contributed by atoms with Gasteiger partial charge in [-0.05, 0) is 33.5 Å². The highest BCUT2D eigenvalue weighted by Crippen LogP contribution is 2.00. The molecule has 0 saturated heterocycles. The molecule has 14 heavy (non-hydrogen) atoms. The molecule has 0 aliphatic rings. The second-order valence-electron chi connectivity index (χ2n) is 3.16. The van der Waals surface area contributed by atoms with Gasteiger partial charge in [-0.3, -0.25) is 0 Å². The van der Waals surface area contributed by atoms with Crippen molar-refractivity contribution < 1.29 is 8.85 Å². The maximum absolute atomic E-state index is 5.61. The van der Waals surface area contributed by atoms with Crippen LogP contribution in [0.2, 0.25) is 6.04 Å². The van der Waals surface area contributed by atoms with E-state index in [-0.39, 0.29) is 0 Å². The third kappa shape index (κ3) is 6.54. The predicted octanol–water partition coefficient (Wildman–Crippen LogP) is 1.62. The van der Waals surface area contributed by atoms with Gasteiger partial charge in [0.2, 0.25) is 0 Å². The zero-order valence-corrected chi connectivity index (χ0v) is 11.2. The predicted molar refractivity (Wildman–Crippen MR) is 63.0 cm³/mol. The average Bonchev–Trinajstić information content (AvgIpc) is 2.20. The SMILES string of the molecule is CCO[SiH](CCN(CC)CC)OCC. The summed E-state index contributed by atoms with van der Waals surface area (Å²) in [7, 11) is -1.36. The van der Waals surface area contributed by atoms with E-state index in [4.69, 9.17) is 8.85 Å². The van der Waals surface area contributed by atoms with Gasteiger partial charge < -0.3 is 13.8 Å². The van der Waals surface area contributed by atoms with Crippen LogP contribution >= 0.6 is 0 Å². The topological polar surface area (TPSA) is 21.7 Å². The number of rotatable bonds is 9.